The second-order valence-electron chi connectivity index (χ2n) is 5.31. The summed E-state index contributed by atoms with van der Waals surface area (Å²) in [4.78, 5) is 30.3. The molecular weight excluding hydrogens is 308 g/mol. The molecule has 0 saturated carbocycles. The molecule has 2 N–H and O–H groups in total. The molecule has 2 aromatic rings. The molecular formula is C18H24N2O4. The fraction of sp³-hybridized carbons (Fsp3) is 0.444. The Kier molecular flexibility index (Phi) is 5.84. The molecule has 0 atom stereocenters. The SMILES string of the molecule is CCOC(=O)c1[nH]c(-c2cc(CC)c(C(=O)OCC)[nH]2)cc1CC. The summed E-state index contributed by atoms with van der Waals surface area (Å²) in [5, 5.41) is 0. The molecule has 0 spiro atoms. The monoisotopic (exact) mass is 332 g/mol. The maximum absolute atomic E-state index is 12.1. The highest BCUT2D eigenvalue weighted by molar-refractivity contribution is 5.92. The lowest BCUT2D eigenvalue weighted by atomic mass is 10.1. The van der Waals surface area contributed by atoms with Gasteiger partial charge in [-0.15, -0.1) is 0 Å². The summed E-state index contributed by atoms with van der Waals surface area (Å²) in [5.41, 5.74) is 4.18. The van der Waals surface area contributed by atoms with Crippen LogP contribution < -0.4 is 0 Å². The highest BCUT2D eigenvalue weighted by atomic mass is 16.5. The Morgan fingerprint density at radius 2 is 1.17 bits per heavy atom. The minimum atomic E-state index is -0.367. The topological polar surface area (TPSA) is 84.2 Å². The number of ether oxygens (including phenoxy) is 2. The van der Waals surface area contributed by atoms with Crippen molar-refractivity contribution in [3.63, 3.8) is 0 Å². The molecule has 6 nitrogen and oxygen atoms in total. The van der Waals surface area contributed by atoms with Gasteiger partial charge in [0.1, 0.15) is 11.4 Å². The first-order valence-electron chi connectivity index (χ1n) is 8.33. The van der Waals surface area contributed by atoms with Gasteiger partial charge in [0.2, 0.25) is 0 Å². The molecule has 0 fully saturated rings. The third-order valence-corrected chi connectivity index (χ3v) is 3.81. The van der Waals surface area contributed by atoms with Gasteiger partial charge in [-0.05, 0) is 49.9 Å². The Bertz CT molecular complexity index is 665. The quantitative estimate of drug-likeness (QED) is 0.760. The third kappa shape index (κ3) is 3.53. The summed E-state index contributed by atoms with van der Waals surface area (Å²) in [5.74, 6) is -0.734. The third-order valence-electron chi connectivity index (χ3n) is 3.81. The van der Waals surface area contributed by atoms with Crippen molar-refractivity contribution in [1.82, 2.24) is 9.97 Å². The van der Waals surface area contributed by atoms with E-state index in [1.807, 2.05) is 26.0 Å². The van der Waals surface area contributed by atoms with E-state index in [9.17, 15) is 9.59 Å². The van der Waals surface area contributed by atoms with Crippen molar-refractivity contribution in [2.24, 2.45) is 0 Å². The number of aryl methyl sites for hydroxylation is 2. The van der Waals surface area contributed by atoms with Crippen molar-refractivity contribution in [2.45, 2.75) is 40.5 Å². The molecule has 0 saturated heterocycles. The van der Waals surface area contributed by atoms with E-state index in [1.165, 1.54) is 0 Å². The van der Waals surface area contributed by atoms with Crippen LogP contribution in [-0.4, -0.2) is 35.1 Å². The Morgan fingerprint density at radius 1 is 0.792 bits per heavy atom. The lowest BCUT2D eigenvalue weighted by Crippen LogP contribution is -2.07. The van der Waals surface area contributed by atoms with Gasteiger partial charge in [-0.25, -0.2) is 9.59 Å². The number of hydrogen-bond acceptors (Lipinski definition) is 4. The number of carbonyl (C=O) groups excluding carboxylic acids is 2. The number of H-pyrrole nitrogens is 2. The molecule has 0 aliphatic carbocycles. The van der Waals surface area contributed by atoms with Crippen LogP contribution in [0.4, 0.5) is 0 Å². The van der Waals surface area contributed by atoms with Crippen LogP contribution in [0.25, 0.3) is 11.4 Å². The predicted molar refractivity (Wildman–Crippen MR) is 91.2 cm³/mol. The van der Waals surface area contributed by atoms with Crippen molar-refractivity contribution < 1.29 is 19.1 Å². The van der Waals surface area contributed by atoms with Crippen LogP contribution in [0.15, 0.2) is 12.1 Å². The second kappa shape index (κ2) is 7.86. The van der Waals surface area contributed by atoms with Gasteiger partial charge in [-0.2, -0.15) is 0 Å². The van der Waals surface area contributed by atoms with E-state index in [-0.39, 0.29) is 11.9 Å². The Morgan fingerprint density at radius 3 is 1.46 bits per heavy atom. The minimum absolute atomic E-state index is 0.325. The lowest BCUT2D eigenvalue weighted by molar-refractivity contribution is 0.0509. The maximum atomic E-state index is 12.1. The van der Waals surface area contributed by atoms with Crippen molar-refractivity contribution in [3.8, 4) is 11.4 Å². The normalized spacial score (nSPS) is 10.7. The first-order valence-corrected chi connectivity index (χ1v) is 8.33. The fourth-order valence-electron chi connectivity index (χ4n) is 2.61. The van der Waals surface area contributed by atoms with Crippen LogP contribution in [0.5, 0.6) is 0 Å². The predicted octanol–water partition coefficient (Wildman–Crippen LogP) is 3.49. The number of nitrogens with one attached hydrogen (secondary N) is 2. The molecule has 6 heteroatoms. The summed E-state index contributed by atoms with van der Waals surface area (Å²) in [6.07, 6.45) is 1.41. The second-order valence-corrected chi connectivity index (χ2v) is 5.31. The molecule has 0 bridgehead atoms. The molecule has 2 rings (SSSR count). The zero-order valence-electron chi connectivity index (χ0n) is 14.6. The molecule has 0 aromatic carbocycles. The molecule has 0 unspecified atom stereocenters. The molecule has 0 aliphatic rings. The smallest absolute Gasteiger partial charge is 0.355 e. The van der Waals surface area contributed by atoms with E-state index in [4.69, 9.17) is 9.47 Å². The number of rotatable bonds is 7. The van der Waals surface area contributed by atoms with E-state index in [2.05, 4.69) is 9.97 Å². The van der Waals surface area contributed by atoms with E-state index in [0.29, 0.717) is 37.4 Å². The number of aromatic nitrogens is 2. The average molecular weight is 332 g/mol. The van der Waals surface area contributed by atoms with Gasteiger partial charge in [0, 0.05) is 0 Å². The van der Waals surface area contributed by atoms with Crippen LogP contribution >= 0.6 is 0 Å². The number of carbonyl (C=O) groups is 2. The van der Waals surface area contributed by atoms with E-state index in [0.717, 1.165) is 22.5 Å². The van der Waals surface area contributed by atoms with Gasteiger partial charge >= 0.3 is 11.9 Å². The van der Waals surface area contributed by atoms with Gasteiger partial charge in [-0.1, -0.05) is 13.8 Å². The van der Waals surface area contributed by atoms with Crippen LogP contribution in [0.2, 0.25) is 0 Å². The van der Waals surface area contributed by atoms with Gasteiger partial charge in [0.15, 0.2) is 0 Å². The van der Waals surface area contributed by atoms with Crippen molar-refractivity contribution in [1.29, 1.82) is 0 Å². The van der Waals surface area contributed by atoms with E-state index < -0.39 is 0 Å². The van der Waals surface area contributed by atoms with Gasteiger partial charge < -0.3 is 19.4 Å². The van der Waals surface area contributed by atoms with Crippen LogP contribution in [-0.2, 0) is 22.3 Å². The molecule has 24 heavy (non-hydrogen) atoms. The minimum Gasteiger partial charge on any atom is -0.461 e. The van der Waals surface area contributed by atoms with Crippen molar-refractivity contribution in [3.05, 3.63) is 34.6 Å². The number of hydrogen-bond donors (Lipinski definition) is 2. The highest BCUT2D eigenvalue weighted by Crippen LogP contribution is 2.25. The van der Waals surface area contributed by atoms with Crippen molar-refractivity contribution in [2.75, 3.05) is 13.2 Å². The van der Waals surface area contributed by atoms with Gasteiger partial charge in [-0.3, -0.25) is 0 Å². The average Bonchev–Trinajstić information content (AvgIpc) is 3.19. The summed E-state index contributed by atoms with van der Waals surface area (Å²) in [7, 11) is 0. The van der Waals surface area contributed by atoms with E-state index >= 15 is 0 Å². The van der Waals surface area contributed by atoms with Crippen LogP contribution in [0.3, 0.4) is 0 Å². The Balaban J connectivity index is 2.41. The Labute approximate surface area is 141 Å². The summed E-state index contributed by atoms with van der Waals surface area (Å²) >= 11 is 0. The highest BCUT2D eigenvalue weighted by Gasteiger charge is 2.20. The molecule has 0 radical (unpaired) electrons. The Hall–Kier alpha value is -2.50. The molecule has 130 valence electrons. The summed E-state index contributed by atoms with van der Waals surface area (Å²) in [6, 6.07) is 3.82. The summed E-state index contributed by atoms with van der Waals surface area (Å²) < 4.78 is 10.2. The van der Waals surface area contributed by atoms with Gasteiger partial charge in [0.25, 0.3) is 0 Å². The first-order chi connectivity index (χ1) is 11.5. The zero-order valence-corrected chi connectivity index (χ0v) is 14.6. The molecule has 0 amide bonds. The fourth-order valence-corrected chi connectivity index (χ4v) is 2.61. The molecule has 2 aromatic heterocycles. The lowest BCUT2D eigenvalue weighted by Gasteiger charge is -2.01. The first kappa shape index (κ1) is 17.8. The van der Waals surface area contributed by atoms with E-state index in [1.54, 1.807) is 13.8 Å². The maximum Gasteiger partial charge on any atom is 0.355 e. The van der Waals surface area contributed by atoms with Gasteiger partial charge in [0.05, 0.1) is 24.6 Å². The number of esters is 2. The molecule has 2 heterocycles. The number of aromatic amines is 2. The molecule has 0 aliphatic heterocycles. The van der Waals surface area contributed by atoms with Crippen LogP contribution in [0.1, 0.15) is 59.8 Å². The summed E-state index contributed by atoms with van der Waals surface area (Å²) in [6.45, 7) is 8.16. The zero-order chi connectivity index (χ0) is 17.7. The largest absolute Gasteiger partial charge is 0.461 e. The van der Waals surface area contributed by atoms with Crippen LogP contribution in [0, 0.1) is 0 Å². The standard InChI is InChI=1S/C18H24N2O4/c1-5-11-9-13(19-15(11)17(21)23-7-3)14-10-12(6-2)16(20-14)18(22)24-8-4/h9-10,19-20H,5-8H2,1-4H3. The van der Waals surface area contributed by atoms with Crippen molar-refractivity contribution >= 4 is 11.9 Å².